The lowest BCUT2D eigenvalue weighted by Crippen LogP contribution is -2.30. The van der Waals surface area contributed by atoms with Crippen LogP contribution in [-0.4, -0.2) is 6.61 Å². The van der Waals surface area contributed by atoms with Crippen LogP contribution in [0, 0.1) is 11.8 Å². The van der Waals surface area contributed by atoms with Crippen molar-refractivity contribution in [2.24, 2.45) is 11.8 Å². The first-order valence-electron chi connectivity index (χ1n) is 11.7. The number of hydrogen-bond acceptors (Lipinski definition) is 3. The summed E-state index contributed by atoms with van der Waals surface area (Å²) in [5.41, 5.74) is 4.85. The number of allylic oxidation sites excluding steroid dienone is 2. The van der Waals surface area contributed by atoms with Crippen LogP contribution in [0.3, 0.4) is 0 Å². The Kier molecular flexibility index (Phi) is 5.89. The third-order valence-electron chi connectivity index (χ3n) is 6.42. The first-order chi connectivity index (χ1) is 15.7. The number of rotatable bonds is 7. The average Bonchev–Trinajstić information content (AvgIpc) is 3.32. The van der Waals surface area contributed by atoms with Gasteiger partial charge in [0.15, 0.2) is 0 Å². The third kappa shape index (κ3) is 4.12. The molecule has 5 rings (SSSR count). The molecular formula is C29H31NO2. The smallest absolute Gasteiger partial charge is 0.142 e. The van der Waals surface area contributed by atoms with E-state index in [9.17, 15) is 0 Å². The fourth-order valence-corrected chi connectivity index (χ4v) is 4.88. The van der Waals surface area contributed by atoms with Crippen molar-refractivity contribution in [1.29, 1.82) is 0 Å². The maximum atomic E-state index is 6.33. The van der Waals surface area contributed by atoms with Crippen molar-refractivity contribution >= 4 is 5.69 Å². The summed E-state index contributed by atoms with van der Waals surface area (Å²) >= 11 is 0. The largest absolute Gasteiger partial charge is 0.491 e. The van der Waals surface area contributed by atoms with Gasteiger partial charge in [0, 0.05) is 11.5 Å². The highest BCUT2D eigenvalue weighted by molar-refractivity contribution is 5.68. The molecule has 164 valence electrons. The summed E-state index contributed by atoms with van der Waals surface area (Å²) in [5, 5.41) is 3.87. The summed E-state index contributed by atoms with van der Waals surface area (Å²) in [6, 6.07) is 25.4. The Morgan fingerprint density at radius 1 is 0.844 bits per heavy atom. The van der Waals surface area contributed by atoms with E-state index in [4.69, 9.17) is 9.47 Å². The lowest BCUT2D eigenvalue weighted by atomic mass is 9.76. The summed E-state index contributed by atoms with van der Waals surface area (Å²) < 4.78 is 12.5. The van der Waals surface area contributed by atoms with Gasteiger partial charge in [0.2, 0.25) is 0 Å². The van der Waals surface area contributed by atoms with Crippen molar-refractivity contribution in [1.82, 2.24) is 0 Å². The van der Waals surface area contributed by atoms with E-state index in [1.165, 1.54) is 16.7 Å². The fourth-order valence-electron chi connectivity index (χ4n) is 4.88. The SMILES string of the molecule is CC(C)COc1cccc2c1NC(c1ccccc1OCc1ccccc1)C1CC=CC21. The van der Waals surface area contributed by atoms with E-state index in [-0.39, 0.29) is 6.04 Å². The van der Waals surface area contributed by atoms with Crippen LogP contribution in [0.4, 0.5) is 5.69 Å². The van der Waals surface area contributed by atoms with Gasteiger partial charge in [-0.3, -0.25) is 0 Å². The van der Waals surface area contributed by atoms with Crippen LogP contribution >= 0.6 is 0 Å². The van der Waals surface area contributed by atoms with Crippen LogP contribution in [0.15, 0.2) is 84.9 Å². The van der Waals surface area contributed by atoms with E-state index >= 15 is 0 Å². The lowest BCUT2D eigenvalue weighted by molar-refractivity contribution is 0.270. The Balaban J connectivity index is 1.47. The van der Waals surface area contributed by atoms with Crippen LogP contribution in [0.2, 0.25) is 0 Å². The second kappa shape index (κ2) is 9.12. The molecule has 3 atom stereocenters. The van der Waals surface area contributed by atoms with Gasteiger partial charge in [-0.15, -0.1) is 0 Å². The van der Waals surface area contributed by atoms with E-state index in [2.05, 4.69) is 98.0 Å². The number of anilines is 1. The topological polar surface area (TPSA) is 30.5 Å². The van der Waals surface area contributed by atoms with Crippen molar-refractivity contribution in [3.8, 4) is 11.5 Å². The van der Waals surface area contributed by atoms with Gasteiger partial charge in [0.1, 0.15) is 18.1 Å². The van der Waals surface area contributed by atoms with Crippen LogP contribution < -0.4 is 14.8 Å². The molecule has 0 aromatic heterocycles. The highest BCUT2D eigenvalue weighted by atomic mass is 16.5. The quantitative estimate of drug-likeness (QED) is 0.409. The Hall–Kier alpha value is -3.20. The molecule has 0 saturated heterocycles. The molecule has 3 unspecified atom stereocenters. The fraction of sp³-hybridized carbons (Fsp3) is 0.310. The Labute approximate surface area is 191 Å². The highest BCUT2D eigenvalue weighted by Crippen LogP contribution is 2.53. The summed E-state index contributed by atoms with van der Waals surface area (Å²) in [6.07, 6.45) is 5.76. The monoisotopic (exact) mass is 425 g/mol. The molecule has 32 heavy (non-hydrogen) atoms. The summed E-state index contributed by atoms with van der Waals surface area (Å²) in [4.78, 5) is 0. The molecule has 0 spiro atoms. The molecule has 3 aromatic carbocycles. The van der Waals surface area contributed by atoms with Crippen molar-refractivity contribution in [3.63, 3.8) is 0 Å². The summed E-state index contributed by atoms with van der Waals surface area (Å²) in [5.74, 6) is 3.23. The molecule has 1 heterocycles. The molecule has 0 bridgehead atoms. The Morgan fingerprint density at radius 3 is 2.44 bits per heavy atom. The molecule has 0 saturated carbocycles. The zero-order valence-corrected chi connectivity index (χ0v) is 18.8. The number of ether oxygens (including phenoxy) is 2. The standard InChI is InChI=1S/C29H31NO2/c1-20(2)18-31-27-17-9-15-24-22-13-8-14-23(22)28(30-29(24)27)25-12-6-7-16-26(25)32-19-21-10-4-3-5-11-21/h3-13,15-17,20,22-23,28,30H,14,18-19H2,1-2H3. The second-order valence-corrected chi connectivity index (χ2v) is 9.21. The molecule has 1 aliphatic carbocycles. The predicted octanol–water partition coefficient (Wildman–Crippen LogP) is 7.13. The molecule has 3 aromatic rings. The van der Waals surface area contributed by atoms with E-state index in [0.29, 0.717) is 31.0 Å². The molecule has 2 aliphatic rings. The van der Waals surface area contributed by atoms with Crippen molar-refractivity contribution in [2.75, 3.05) is 11.9 Å². The van der Waals surface area contributed by atoms with Gasteiger partial charge in [0.05, 0.1) is 18.3 Å². The van der Waals surface area contributed by atoms with Gasteiger partial charge in [-0.1, -0.05) is 86.7 Å². The first kappa shape index (κ1) is 20.7. The Bertz CT molecular complexity index is 1090. The minimum Gasteiger partial charge on any atom is -0.491 e. The van der Waals surface area contributed by atoms with Crippen LogP contribution in [0.5, 0.6) is 11.5 Å². The summed E-state index contributed by atoms with van der Waals surface area (Å²) in [6.45, 7) is 5.64. The zero-order chi connectivity index (χ0) is 21.9. The van der Waals surface area contributed by atoms with Gasteiger partial charge < -0.3 is 14.8 Å². The minimum absolute atomic E-state index is 0.165. The molecular weight excluding hydrogens is 394 g/mol. The first-order valence-corrected chi connectivity index (χ1v) is 11.7. The van der Waals surface area contributed by atoms with Gasteiger partial charge in [0.25, 0.3) is 0 Å². The lowest BCUT2D eigenvalue weighted by Gasteiger charge is -2.38. The third-order valence-corrected chi connectivity index (χ3v) is 6.42. The number of para-hydroxylation sites is 2. The van der Waals surface area contributed by atoms with E-state index in [1.807, 2.05) is 6.07 Å². The maximum Gasteiger partial charge on any atom is 0.142 e. The van der Waals surface area contributed by atoms with Gasteiger partial charge in [-0.25, -0.2) is 0 Å². The summed E-state index contributed by atoms with van der Waals surface area (Å²) in [7, 11) is 0. The number of benzene rings is 3. The number of fused-ring (bicyclic) bond motifs is 3. The van der Waals surface area contributed by atoms with Crippen molar-refractivity contribution in [3.05, 3.63) is 102 Å². The molecule has 0 amide bonds. The van der Waals surface area contributed by atoms with Gasteiger partial charge in [-0.05, 0) is 41.5 Å². The van der Waals surface area contributed by atoms with E-state index < -0.39 is 0 Å². The number of nitrogens with one attached hydrogen (secondary N) is 1. The molecule has 0 radical (unpaired) electrons. The van der Waals surface area contributed by atoms with Crippen molar-refractivity contribution < 1.29 is 9.47 Å². The zero-order valence-electron chi connectivity index (χ0n) is 18.8. The van der Waals surface area contributed by atoms with Gasteiger partial charge in [-0.2, -0.15) is 0 Å². The van der Waals surface area contributed by atoms with Crippen LogP contribution in [0.1, 0.15) is 48.9 Å². The van der Waals surface area contributed by atoms with Gasteiger partial charge >= 0.3 is 0 Å². The average molecular weight is 426 g/mol. The number of hydrogen-bond donors (Lipinski definition) is 1. The van der Waals surface area contributed by atoms with E-state index in [0.717, 1.165) is 23.6 Å². The second-order valence-electron chi connectivity index (χ2n) is 9.21. The normalized spacial score (nSPS) is 21.0. The molecule has 0 fully saturated rings. The van der Waals surface area contributed by atoms with Crippen LogP contribution in [0.25, 0.3) is 0 Å². The maximum absolute atomic E-state index is 6.33. The molecule has 1 N–H and O–H groups in total. The predicted molar refractivity (Wildman–Crippen MR) is 130 cm³/mol. The molecule has 1 aliphatic heterocycles. The molecule has 3 heteroatoms. The molecule has 3 nitrogen and oxygen atoms in total. The Morgan fingerprint density at radius 2 is 1.59 bits per heavy atom. The van der Waals surface area contributed by atoms with Crippen LogP contribution in [-0.2, 0) is 6.61 Å². The highest BCUT2D eigenvalue weighted by Gasteiger charge is 2.40. The van der Waals surface area contributed by atoms with E-state index in [1.54, 1.807) is 0 Å². The minimum atomic E-state index is 0.165. The van der Waals surface area contributed by atoms with Crippen molar-refractivity contribution in [2.45, 2.75) is 38.8 Å².